The summed E-state index contributed by atoms with van der Waals surface area (Å²) in [4.78, 5) is 12.0. The number of thioether (sulfide) groups is 1. The minimum Gasteiger partial charge on any atom is -0.385 e. The SMILES string of the molecule is O=C(NCCCNc1ccccc1)C1(O)CCSCC1. The number of aliphatic hydroxyl groups is 1. The first kappa shape index (κ1) is 15.2. The zero-order valence-corrected chi connectivity index (χ0v) is 12.4. The van der Waals surface area contributed by atoms with Gasteiger partial charge in [0, 0.05) is 18.8 Å². The van der Waals surface area contributed by atoms with Gasteiger partial charge in [-0.2, -0.15) is 11.8 Å². The average molecular weight is 294 g/mol. The van der Waals surface area contributed by atoms with Gasteiger partial charge in [0.1, 0.15) is 5.60 Å². The van der Waals surface area contributed by atoms with Crippen molar-refractivity contribution in [1.82, 2.24) is 5.32 Å². The molecule has 1 aromatic rings. The molecule has 0 atom stereocenters. The molecule has 1 saturated heterocycles. The number of anilines is 1. The van der Waals surface area contributed by atoms with Gasteiger partial charge in [0.25, 0.3) is 5.91 Å². The number of para-hydroxylation sites is 1. The predicted octanol–water partition coefficient (Wildman–Crippen LogP) is 1.86. The molecule has 4 nitrogen and oxygen atoms in total. The molecule has 0 radical (unpaired) electrons. The predicted molar refractivity (Wildman–Crippen MR) is 84.1 cm³/mol. The summed E-state index contributed by atoms with van der Waals surface area (Å²) in [5, 5.41) is 16.4. The maximum Gasteiger partial charge on any atom is 0.252 e. The lowest BCUT2D eigenvalue weighted by molar-refractivity contribution is -0.140. The van der Waals surface area contributed by atoms with Crippen molar-refractivity contribution in [3.63, 3.8) is 0 Å². The molecule has 1 amide bonds. The maximum absolute atomic E-state index is 12.0. The van der Waals surface area contributed by atoms with Crippen LogP contribution < -0.4 is 10.6 Å². The molecule has 1 aliphatic rings. The van der Waals surface area contributed by atoms with Crippen LogP contribution in [0, 0.1) is 0 Å². The first-order valence-corrected chi connectivity index (χ1v) is 8.23. The Morgan fingerprint density at radius 2 is 1.90 bits per heavy atom. The highest BCUT2D eigenvalue weighted by molar-refractivity contribution is 7.99. The summed E-state index contributed by atoms with van der Waals surface area (Å²) in [6.45, 7) is 1.40. The molecule has 1 aliphatic heterocycles. The Bertz CT molecular complexity index is 419. The van der Waals surface area contributed by atoms with Gasteiger partial charge >= 0.3 is 0 Å². The van der Waals surface area contributed by atoms with Crippen LogP contribution in [-0.4, -0.2) is 41.2 Å². The van der Waals surface area contributed by atoms with E-state index < -0.39 is 5.60 Å². The van der Waals surface area contributed by atoms with Crippen LogP contribution in [0.1, 0.15) is 19.3 Å². The molecule has 0 aliphatic carbocycles. The molecule has 0 spiro atoms. The van der Waals surface area contributed by atoms with Gasteiger partial charge in [-0.3, -0.25) is 4.79 Å². The molecule has 0 aromatic heterocycles. The Morgan fingerprint density at radius 1 is 1.20 bits per heavy atom. The lowest BCUT2D eigenvalue weighted by Crippen LogP contribution is -2.49. The van der Waals surface area contributed by atoms with E-state index in [-0.39, 0.29) is 5.91 Å². The minimum absolute atomic E-state index is 0.211. The number of hydrogen-bond acceptors (Lipinski definition) is 4. The van der Waals surface area contributed by atoms with E-state index in [0.29, 0.717) is 19.4 Å². The molecule has 0 unspecified atom stereocenters. The summed E-state index contributed by atoms with van der Waals surface area (Å²) in [6.07, 6.45) is 1.96. The minimum atomic E-state index is -1.14. The number of amides is 1. The Morgan fingerprint density at radius 3 is 2.60 bits per heavy atom. The molecule has 1 aromatic carbocycles. The van der Waals surface area contributed by atoms with Gasteiger partial charge in [-0.15, -0.1) is 0 Å². The monoisotopic (exact) mass is 294 g/mol. The van der Waals surface area contributed by atoms with E-state index in [1.807, 2.05) is 30.3 Å². The van der Waals surface area contributed by atoms with Crippen LogP contribution in [0.15, 0.2) is 30.3 Å². The van der Waals surface area contributed by atoms with E-state index in [9.17, 15) is 9.90 Å². The van der Waals surface area contributed by atoms with Crippen LogP contribution in [-0.2, 0) is 4.79 Å². The van der Waals surface area contributed by atoms with E-state index in [2.05, 4.69) is 10.6 Å². The van der Waals surface area contributed by atoms with Crippen LogP contribution in [0.2, 0.25) is 0 Å². The van der Waals surface area contributed by atoms with Crippen molar-refractivity contribution in [3.05, 3.63) is 30.3 Å². The summed E-state index contributed by atoms with van der Waals surface area (Å²) < 4.78 is 0. The largest absolute Gasteiger partial charge is 0.385 e. The van der Waals surface area contributed by atoms with E-state index in [1.54, 1.807) is 11.8 Å². The van der Waals surface area contributed by atoms with E-state index >= 15 is 0 Å². The Balaban J connectivity index is 1.62. The fourth-order valence-corrected chi connectivity index (χ4v) is 3.35. The van der Waals surface area contributed by atoms with Crippen molar-refractivity contribution in [2.45, 2.75) is 24.9 Å². The Hall–Kier alpha value is -1.20. The molecule has 5 heteroatoms. The summed E-state index contributed by atoms with van der Waals surface area (Å²) in [5.41, 5.74) is -0.0558. The lowest BCUT2D eigenvalue weighted by Gasteiger charge is -2.30. The van der Waals surface area contributed by atoms with Gasteiger partial charge in [0.2, 0.25) is 0 Å². The van der Waals surface area contributed by atoms with Crippen molar-refractivity contribution in [3.8, 4) is 0 Å². The van der Waals surface area contributed by atoms with E-state index in [1.165, 1.54) is 0 Å². The van der Waals surface area contributed by atoms with Crippen LogP contribution in [0.5, 0.6) is 0 Å². The topological polar surface area (TPSA) is 61.4 Å². The molecule has 1 fully saturated rings. The molecule has 0 saturated carbocycles. The van der Waals surface area contributed by atoms with Gasteiger partial charge < -0.3 is 15.7 Å². The van der Waals surface area contributed by atoms with Crippen LogP contribution in [0.3, 0.4) is 0 Å². The molecule has 110 valence electrons. The zero-order valence-electron chi connectivity index (χ0n) is 11.6. The molecule has 3 N–H and O–H groups in total. The molecule has 1 heterocycles. The second-order valence-electron chi connectivity index (χ2n) is 5.05. The van der Waals surface area contributed by atoms with Gasteiger partial charge in [-0.05, 0) is 42.9 Å². The fourth-order valence-electron chi connectivity index (χ4n) is 2.18. The number of carbonyl (C=O) groups excluding carboxylic acids is 1. The number of rotatable bonds is 6. The Kier molecular flexibility index (Phi) is 5.73. The molecule has 2 rings (SSSR count). The Labute approximate surface area is 124 Å². The lowest BCUT2D eigenvalue weighted by atomic mass is 9.96. The van der Waals surface area contributed by atoms with Crippen molar-refractivity contribution in [1.29, 1.82) is 0 Å². The normalized spacial score (nSPS) is 17.4. The highest BCUT2D eigenvalue weighted by Crippen LogP contribution is 2.26. The summed E-state index contributed by atoms with van der Waals surface area (Å²) in [5.74, 6) is 1.51. The van der Waals surface area contributed by atoms with Crippen LogP contribution >= 0.6 is 11.8 Å². The van der Waals surface area contributed by atoms with Crippen molar-refractivity contribution in [2.75, 3.05) is 29.9 Å². The third-order valence-corrected chi connectivity index (χ3v) is 4.47. The van der Waals surface area contributed by atoms with Gasteiger partial charge in [-0.1, -0.05) is 18.2 Å². The van der Waals surface area contributed by atoms with Crippen molar-refractivity contribution in [2.24, 2.45) is 0 Å². The van der Waals surface area contributed by atoms with Gasteiger partial charge in [-0.25, -0.2) is 0 Å². The first-order chi connectivity index (χ1) is 9.71. The highest BCUT2D eigenvalue weighted by Gasteiger charge is 2.36. The molecule has 20 heavy (non-hydrogen) atoms. The molecule has 0 bridgehead atoms. The zero-order chi connectivity index (χ0) is 14.3. The van der Waals surface area contributed by atoms with E-state index in [0.717, 1.165) is 30.2 Å². The molecular weight excluding hydrogens is 272 g/mol. The van der Waals surface area contributed by atoms with Crippen molar-refractivity contribution < 1.29 is 9.90 Å². The number of benzene rings is 1. The average Bonchev–Trinajstić information content (AvgIpc) is 2.48. The fraction of sp³-hybridized carbons (Fsp3) is 0.533. The number of nitrogens with one attached hydrogen (secondary N) is 2. The quantitative estimate of drug-likeness (QED) is 0.701. The first-order valence-electron chi connectivity index (χ1n) is 7.08. The highest BCUT2D eigenvalue weighted by atomic mass is 32.2. The van der Waals surface area contributed by atoms with Crippen LogP contribution in [0.25, 0.3) is 0 Å². The number of hydrogen-bond donors (Lipinski definition) is 3. The standard InChI is InChI=1S/C15H22N2O2S/c18-14(15(19)7-11-20-12-8-15)17-10-4-9-16-13-5-2-1-3-6-13/h1-3,5-6,16,19H,4,7-12H2,(H,17,18). The second kappa shape index (κ2) is 7.55. The maximum atomic E-state index is 12.0. The second-order valence-corrected chi connectivity index (χ2v) is 6.27. The third-order valence-electron chi connectivity index (χ3n) is 3.48. The smallest absolute Gasteiger partial charge is 0.252 e. The number of carbonyl (C=O) groups is 1. The summed E-state index contributed by atoms with van der Waals surface area (Å²) >= 11 is 1.79. The third kappa shape index (κ3) is 4.42. The molecular formula is C15H22N2O2S. The van der Waals surface area contributed by atoms with Gasteiger partial charge in [0.15, 0.2) is 0 Å². The summed E-state index contributed by atoms with van der Waals surface area (Å²) in [6, 6.07) is 9.98. The summed E-state index contributed by atoms with van der Waals surface area (Å²) in [7, 11) is 0. The van der Waals surface area contributed by atoms with Gasteiger partial charge in [0.05, 0.1) is 0 Å². The van der Waals surface area contributed by atoms with Crippen molar-refractivity contribution >= 4 is 23.4 Å². The van der Waals surface area contributed by atoms with E-state index in [4.69, 9.17) is 0 Å². The van der Waals surface area contributed by atoms with Crippen LogP contribution in [0.4, 0.5) is 5.69 Å².